The maximum absolute atomic E-state index is 7.92. The van der Waals surface area contributed by atoms with Gasteiger partial charge in [-0.3, -0.25) is 0 Å². The van der Waals surface area contributed by atoms with Crippen molar-refractivity contribution in [3.63, 3.8) is 0 Å². The van der Waals surface area contributed by atoms with Crippen molar-refractivity contribution in [2.75, 3.05) is 13.1 Å². The summed E-state index contributed by atoms with van der Waals surface area (Å²) in [5.41, 5.74) is 7.92. The van der Waals surface area contributed by atoms with Crippen molar-refractivity contribution in [3.8, 4) is 0 Å². The molecule has 5 heteroatoms. The van der Waals surface area contributed by atoms with Crippen LogP contribution in [0.2, 0.25) is 0 Å². The third-order valence-electron chi connectivity index (χ3n) is 0.897. The molecule has 0 amide bonds. The van der Waals surface area contributed by atoms with Crippen LogP contribution in [-0.4, -0.2) is 37.0 Å². The minimum Gasteiger partial charge on any atom is -0.248 e. The van der Waals surface area contributed by atoms with Crippen LogP contribution in [0.3, 0.4) is 0 Å². The van der Waals surface area contributed by atoms with Gasteiger partial charge in [-0.15, -0.1) is 5.53 Å². The molecule has 0 heterocycles. The summed E-state index contributed by atoms with van der Waals surface area (Å²) in [6.45, 7) is 5.44. The second-order valence-electron chi connectivity index (χ2n) is 1.32. The van der Waals surface area contributed by atoms with Crippen LogP contribution >= 0.6 is 0 Å². The molecule has 0 aliphatic rings. The molecule has 0 N–H and O–H groups in total. The van der Waals surface area contributed by atoms with Crippen LogP contribution in [0.15, 0.2) is 5.22 Å². The Hall–Kier alpha value is -0.293. The summed E-state index contributed by atoms with van der Waals surface area (Å²) < 4.78 is 0. The van der Waals surface area contributed by atoms with E-state index in [1.807, 2.05) is 13.8 Å². The van der Waals surface area contributed by atoms with Gasteiger partial charge in [-0.2, -0.15) is 4.91 Å². The van der Waals surface area contributed by atoms with Gasteiger partial charge in [0, 0.05) is 18.9 Å². The minimum absolute atomic E-state index is 0. The molecule has 47 valence electrons. The molecule has 0 aliphatic heterocycles. The van der Waals surface area contributed by atoms with Gasteiger partial charge in [-0.05, 0) is 19.1 Å². The molecule has 0 aromatic rings. The zero-order valence-corrected chi connectivity index (χ0v) is 6.20. The molecular formula is C4H10LiN4. The Balaban J connectivity index is 0. The monoisotopic (exact) mass is 121 g/mol. The van der Waals surface area contributed by atoms with Crippen molar-refractivity contribution in [2.24, 2.45) is 5.22 Å². The van der Waals surface area contributed by atoms with Gasteiger partial charge in [0.1, 0.15) is 0 Å². The molecule has 0 atom stereocenters. The molecule has 0 rings (SSSR count). The van der Waals surface area contributed by atoms with Gasteiger partial charge in [-0.25, -0.2) is 5.01 Å². The molecule has 0 spiro atoms. The third-order valence-corrected chi connectivity index (χ3v) is 0.897. The number of hydrogen-bond acceptors (Lipinski definition) is 1. The summed E-state index contributed by atoms with van der Waals surface area (Å²) in [6.07, 6.45) is 0. The van der Waals surface area contributed by atoms with E-state index in [-0.39, 0.29) is 18.9 Å². The predicted octanol–water partition coefficient (Wildman–Crippen LogP) is 1.17. The predicted molar refractivity (Wildman–Crippen MR) is 37.8 cm³/mol. The molecule has 0 aromatic heterocycles. The van der Waals surface area contributed by atoms with E-state index < -0.39 is 0 Å². The number of rotatable bonds is 3. The number of hydrogen-bond donors (Lipinski definition) is 0. The van der Waals surface area contributed by atoms with E-state index in [1.54, 1.807) is 5.01 Å². The fraction of sp³-hybridized carbons (Fsp3) is 1.00. The van der Waals surface area contributed by atoms with Crippen LogP contribution in [0.5, 0.6) is 0 Å². The van der Waals surface area contributed by atoms with E-state index in [2.05, 4.69) is 10.1 Å². The average Bonchev–Trinajstić information content (AvgIpc) is 1.83. The first-order chi connectivity index (χ1) is 3.85. The van der Waals surface area contributed by atoms with E-state index in [0.29, 0.717) is 0 Å². The molecule has 0 saturated carbocycles. The molecule has 0 unspecified atom stereocenters. The maximum Gasteiger partial charge on any atom is 0.0856 e. The molecule has 0 aliphatic carbocycles. The Morgan fingerprint density at radius 3 is 2.00 bits per heavy atom. The van der Waals surface area contributed by atoms with Gasteiger partial charge in [-0.1, -0.05) is 0 Å². The summed E-state index contributed by atoms with van der Waals surface area (Å²) in [4.78, 5) is 2.63. The first kappa shape index (κ1) is 11.5. The molecular weight excluding hydrogens is 111 g/mol. The maximum atomic E-state index is 7.92. The summed E-state index contributed by atoms with van der Waals surface area (Å²) in [6, 6.07) is 0. The van der Waals surface area contributed by atoms with Crippen LogP contribution < -0.4 is 0 Å². The molecule has 0 aromatic carbocycles. The van der Waals surface area contributed by atoms with E-state index in [0.717, 1.165) is 13.1 Å². The number of nitrogens with zero attached hydrogens (tertiary/aromatic N) is 4. The van der Waals surface area contributed by atoms with Crippen LogP contribution in [0.4, 0.5) is 0 Å². The summed E-state index contributed by atoms with van der Waals surface area (Å²) >= 11 is 0. The van der Waals surface area contributed by atoms with E-state index in [4.69, 9.17) is 5.53 Å². The van der Waals surface area contributed by atoms with Gasteiger partial charge in [0.15, 0.2) is 0 Å². The quantitative estimate of drug-likeness (QED) is 0.182. The van der Waals surface area contributed by atoms with E-state index in [1.165, 1.54) is 0 Å². The van der Waals surface area contributed by atoms with Crippen molar-refractivity contribution < 1.29 is 0 Å². The normalized spacial score (nSPS) is 6.89. The Morgan fingerprint density at radius 1 is 1.44 bits per heavy atom. The minimum atomic E-state index is 0. The largest absolute Gasteiger partial charge is 0.248 e. The summed E-state index contributed by atoms with van der Waals surface area (Å²) in [5.74, 6) is 0. The molecule has 0 fully saturated rings. The Bertz CT molecular complexity index is 94.7. The molecule has 0 bridgehead atoms. The standard InChI is InChI=1S/C4H10N4.Li/c1-3-8(4-2)7-6-5;/h3-4H2,1-2H3;. The van der Waals surface area contributed by atoms with Gasteiger partial charge in [0.05, 0.1) is 13.1 Å². The van der Waals surface area contributed by atoms with Crippen molar-refractivity contribution in [2.45, 2.75) is 13.8 Å². The molecule has 9 heavy (non-hydrogen) atoms. The first-order valence-corrected chi connectivity index (χ1v) is 2.65. The van der Waals surface area contributed by atoms with Crippen LogP contribution in [0, 0.1) is 0 Å². The SMILES string of the molecule is CCN(CC)N=[N+]=[N-].[Li]. The summed E-state index contributed by atoms with van der Waals surface area (Å²) in [5, 5.41) is 5.01. The smallest absolute Gasteiger partial charge is 0.0856 e. The van der Waals surface area contributed by atoms with Crippen molar-refractivity contribution in [1.82, 2.24) is 5.01 Å². The second-order valence-corrected chi connectivity index (χ2v) is 1.32. The number of azide groups is 1. The van der Waals surface area contributed by atoms with Crippen molar-refractivity contribution >= 4 is 18.9 Å². The Labute approximate surface area is 67.0 Å². The molecule has 1 radical (unpaired) electrons. The average molecular weight is 121 g/mol. The van der Waals surface area contributed by atoms with Crippen LogP contribution in [0.25, 0.3) is 10.4 Å². The van der Waals surface area contributed by atoms with E-state index in [9.17, 15) is 0 Å². The Kier molecular flexibility index (Phi) is 9.85. The van der Waals surface area contributed by atoms with Gasteiger partial charge in [0.25, 0.3) is 0 Å². The van der Waals surface area contributed by atoms with Crippen molar-refractivity contribution in [1.29, 1.82) is 0 Å². The summed E-state index contributed by atoms with van der Waals surface area (Å²) in [7, 11) is 0. The molecule has 4 nitrogen and oxygen atoms in total. The van der Waals surface area contributed by atoms with Gasteiger partial charge >= 0.3 is 0 Å². The zero-order chi connectivity index (χ0) is 6.41. The van der Waals surface area contributed by atoms with Crippen LogP contribution in [0.1, 0.15) is 13.8 Å². The van der Waals surface area contributed by atoms with Gasteiger partial charge in [0.2, 0.25) is 0 Å². The Morgan fingerprint density at radius 2 is 1.89 bits per heavy atom. The zero-order valence-electron chi connectivity index (χ0n) is 6.20. The van der Waals surface area contributed by atoms with Crippen LogP contribution in [-0.2, 0) is 0 Å². The fourth-order valence-corrected chi connectivity index (χ4v) is 0.407. The second kappa shape index (κ2) is 7.71. The third kappa shape index (κ3) is 5.58. The van der Waals surface area contributed by atoms with E-state index >= 15 is 0 Å². The van der Waals surface area contributed by atoms with Gasteiger partial charge < -0.3 is 0 Å². The van der Waals surface area contributed by atoms with Crippen molar-refractivity contribution in [3.05, 3.63) is 10.4 Å². The molecule has 0 saturated heterocycles. The first-order valence-electron chi connectivity index (χ1n) is 2.65. The topological polar surface area (TPSA) is 52.0 Å². The fourth-order valence-electron chi connectivity index (χ4n) is 0.407.